The Morgan fingerprint density at radius 1 is 1.26 bits per heavy atom. The van der Waals surface area contributed by atoms with Crippen LogP contribution < -0.4 is 20.7 Å². The number of nitrogens with two attached hydrogens (primary N) is 1. The quantitative estimate of drug-likeness (QED) is 0.647. The van der Waals surface area contributed by atoms with Gasteiger partial charge in [-0.15, -0.1) is 11.3 Å². The highest BCUT2D eigenvalue weighted by Crippen LogP contribution is 2.38. The molecule has 1 heterocycles. The second-order valence-corrected chi connectivity index (χ2v) is 5.22. The van der Waals surface area contributed by atoms with Crippen molar-refractivity contribution in [2.24, 2.45) is 5.84 Å². The van der Waals surface area contributed by atoms with Crippen LogP contribution in [0.15, 0.2) is 24.4 Å². The molecule has 3 N–H and O–H groups in total. The lowest BCUT2D eigenvalue weighted by atomic mass is 10.0. The first-order chi connectivity index (χ1) is 9.21. The lowest BCUT2D eigenvalue weighted by Crippen LogP contribution is -2.29. The molecular formula is C13H17N3O2S. The van der Waals surface area contributed by atoms with Crippen LogP contribution in [-0.2, 0) is 0 Å². The van der Waals surface area contributed by atoms with Gasteiger partial charge in [-0.3, -0.25) is 5.84 Å². The molecule has 0 spiro atoms. The van der Waals surface area contributed by atoms with E-state index >= 15 is 0 Å². The molecule has 1 atom stereocenters. The van der Waals surface area contributed by atoms with Crippen LogP contribution in [0.5, 0.6) is 11.5 Å². The topological polar surface area (TPSA) is 69.4 Å². The second kappa shape index (κ2) is 6.01. The molecule has 0 aliphatic rings. The third-order valence-electron chi connectivity index (χ3n) is 2.84. The second-order valence-electron chi connectivity index (χ2n) is 3.96. The van der Waals surface area contributed by atoms with E-state index in [1.165, 1.54) is 0 Å². The standard InChI is InChI=1S/C13H17N3O2S/c1-8-15-7-11(19-8)13(16-14)12-9(17-2)5-4-6-10(12)18-3/h4-7,13,16H,14H2,1-3H3. The highest BCUT2D eigenvalue weighted by Gasteiger charge is 2.23. The number of nitrogens with one attached hydrogen (secondary N) is 1. The minimum absolute atomic E-state index is 0.211. The first-order valence-corrected chi connectivity index (χ1v) is 6.62. The number of nitrogens with zero attached hydrogens (tertiary/aromatic N) is 1. The highest BCUT2D eigenvalue weighted by atomic mass is 32.1. The summed E-state index contributed by atoms with van der Waals surface area (Å²) in [5, 5.41) is 0.990. The molecule has 0 aliphatic carbocycles. The van der Waals surface area contributed by atoms with Crippen LogP contribution in [0.2, 0.25) is 0 Å². The van der Waals surface area contributed by atoms with E-state index in [-0.39, 0.29) is 6.04 Å². The van der Waals surface area contributed by atoms with Crippen LogP contribution in [-0.4, -0.2) is 19.2 Å². The minimum atomic E-state index is -0.211. The summed E-state index contributed by atoms with van der Waals surface area (Å²) >= 11 is 1.59. The third-order valence-corrected chi connectivity index (χ3v) is 3.82. The van der Waals surface area contributed by atoms with Gasteiger partial charge < -0.3 is 9.47 Å². The number of hydrogen-bond acceptors (Lipinski definition) is 6. The fraction of sp³-hybridized carbons (Fsp3) is 0.308. The molecule has 102 valence electrons. The molecule has 2 rings (SSSR count). The average Bonchev–Trinajstić information content (AvgIpc) is 2.86. The fourth-order valence-corrected chi connectivity index (χ4v) is 2.84. The minimum Gasteiger partial charge on any atom is -0.496 e. The molecule has 0 radical (unpaired) electrons. The van der Waals surface area contributed by atoms with Gasteiger partial charge in [0.05, 0.1) is 30.8 Å². The Hall–Kier alpha value is -1.63. The summed E-state index contributed by atoms with van der Waals surface area (Å²) in [6.45, 7) is 1.96. The van der Waals surface area contributed by atoms with Gasteiger partial charge >= 0.3 is 0 Å². The Kier molecular flexibility index (Phi) is 4.36. The van der Waals surface area contributed by atoms with E-state index in [1.54, 1.807) is 25.6 Å². The van der Waals surface area contributed by atoms with E-state index in [0.29, 0.717) is 0 Å². The van der Waals surface area contributed by atoms with Crippen molar-refractivity contribution in [1.82, 2.24) is 10.4 Å². The maximum absolute atomic E-state index is 5.71. The van der Waals surface area contributed by atoms with Crippen LogP contribution in [0.25, 0.3) is 0 Å². The summed E-state index contributed by atoms with van der Waals surface area (Å²) in [7, 11) is 3.26. The largest absolute Gasteiger partial charge is 0.496 e. The average molecular weight is 279 g/mol. The number of methoxy groups -OCH3 is 2. The fourth-order valence-electron chi connectivity index (χ4n) is 1.98. The Balaban J connectivity index is 2.53. The van der Waals surface area contributed by atoms with Crippen LogP contribution >= 0.6 is 11.3 Å². The maximum atomic E-state index is 5.71. The van der Waals surface area contributed by atoms with Crippen LogP contribution in [0.4, 0.5) is 0 Å². The molecule has 1 unspecified atom stereocenters. The van der Waals surface area contributed by atoms with Crippen LogP contribution in [0, 0.1) is 6.92 Å². The summed E-state index contributed by atoms with van der Waals surface area (Å²) in [4.78, 5) is 5.28. The number of aryl methyl sites for hydroxylation is 1. The summed E-state index contributed by atoms with van der Waals surface area (Å²) in [5.74, 6) is 7.17. The van der Waals surface area contributed by atoms with Gasteiger partial charge in [-0.25, -0.2) is 10.4 Å². The molecule has 6 heteroatoms. The monoisotopic (exact) mass is 279 g/mol. The molecule has 2 aromatic rings. The van der Waals surface area contributed by atoms with E-state index in [9.17, 15) is 0 Å². The number of ether oxygens (including phenoxy) is 2. The summed E-state index contributed by atoms with van der Waals surface area (Å²) < 4.78 is 10.8. The van der Waals surface area contributed by atoms with E-state index in [1.807, 2.05) is 31.3 Å². The Morgan fingerprint density at radius 3 is 2.32 bits per heavy atom. The summed E-state index contributed by atoms with van der Waals surface area (Å²) in [6, 6.07) is 5.44. The Morgan fingerprint density at radius 2 is 1.89 bits per heavy atom. The van der Waals surface area contributed by atoms with Crippen molar-refractivity contribution in [2.45, 2.75) is 13.0 Å². The number of hydrazine groups is 1. The van der Waals surface area contributed by atoms with Crippen LogP contribution in [0.1, 0.15) is 21.5 Å². The van der Waals surface area contributed by atoms with Crippen molar-refractivity contribution in [3.05, 3.63) is 39.8 Å². The van der Waals surface area contributed by atoms with Gasteiger partial charge in [-0.2, -0.15) is 0 Å². The predicted octanol–water partition coefficient (Wildman–Crippen LogP) is 2.02. The number of benzene rings is 1. The lowest BCUT2D eigenvalue weighted by molar-refractivity contribution is 0.377. The zero-order chi connectivity index (χ0) is 13.8. The molecule has 1 aromatic carbocycles. The molecule has 19 heavy (non-hydrogen) atoms. The van der Waals surface area contributed by atoms with Crippen LogP contribution in [0.3, 0.4) is 0 Å². The van der Waals surface area contributed by atoms with Crippen molar-refractivity contribution >= 4 is 11.3 Å². The Labute approximate surface area is 116 Å². The van der Waals surface area contributed by atoms with Crippen molar-refractivity contribution in [3.8, 4) is 11.5 Å². The summed E-state index contributed by atoms with van der Waals surface area (Å²) in [6.07, 6.45) is 1.82. The van der Waals surface area contributed by atoms with Gasteiger partial charge in [0.1, 0.15) is 11.5 Å². The molecule has 0 saturated carbocycles. The number of hydrogen-bond donors (Lipinski definition) is 2. The van der Waals surface area contributed by atoms with Gasteiger partial charge in [-0.1, -0.05) is 6.07 Å². The highest BCUT2D eigenvalue weighted by molar-refractivity contribution is 7.11. The van der Waals surface area contributed by atoms with Gasteiger partial charge in [0.2, 0.25) is 0 Å². The zero-order valence-electron chi connectivity index (χ0n) is 11.1. The van der Waals surface area contributed by atoms with E-state index in [2.05, 4.69) is 10.4 Å². The zero-order valence-corrected chi connectivity index (χ0v) is 12.0. The molecule has 0 fully saturated rings. The predicted molar refractivity (Wildman–Crippen MR) is 75.6 cm³/mol. The lowest BCUT2D eigenvalue weighted by Gasteiger charge is -2.20. The number of aromatic nitrogens is 1. The van der Waals surface area contributed by atoms with E-state index in [0.717, 1.165) is 26.9 Å². The SMILES string of the molecule is COc1cccc(OC)c1C(NN)c1cnc(C)s1. The van der Waals surface area contributed by atoms with Gasteiger partial charge in [0.25, 0.3) is 0 Å². The molecule has 0 saturated heterocycles. The van der Waals surface area contributed by atoms with Gasteiger partial charge in [0.15, 0.2) is 0 Å². The first kappa shape index (κ1) is 13.8. The first-order valence-electron chi connectivity index (χ1n) is 5.80. The van der Waals surface area contributed by atoms with Crippen molar-refractivity contribution in [1.29, 1.82) is 0 Å². The molecule has 0 amide bonds. The molecule has 5 nitrogen and oxygen atoms in total. The van der Waals surface area contributed by atoms with Crippen molar-refractivity contribution in [2.75, 3.05) is 14.2 Å². The smallest absolute Gasteiger partial charge is 0.127 e. The summed E-state index contributed by atoms with van der Waals surface area (Å²) in [5.41, 5.74) is 3.68. The van der Waals surface area contributed by atoms with Gasteiger partial charge in [0, 0.05) is 11.1 Å². The molecular weight excluding hydrogens is 262 g/mol. The number of rotatable bonds is 5. The normalized spacial score (nSPS) is 12.2. The molecule has 1 aromatic heterocycles. The van der Waals surface area contributed by atoms with Crippen molar-refractivity contribution in [3.63, 3.8) is 0 Å². The van der Waals surface area contributed by atoms with E-state index in [4.69, 9.17) is 15.3 Å². The van der Waals surface area contributed by atoms with Crippen molar-refractivity contribution < 1.29 is 9.47 Å². The van der Waals surface area contributed by atoms with Gasteiger partial charge in [-0.05, 0) is 19.1 Å². The molecule has 0 aliphatic heterocycles. The maximum Gasteiger partial charge on any atom is 0.127 e. The molecule has 0 bridgehead atoms. The number of thiazole rings is 1. The Bertz CT molecular complexity index is 534. The third kappa shape index (κ3) is 2.70. The van der Waals surface area contributed by atoms with E-state index < -0.39 is 0 Å².